The summed E-state index contributed by atoms with van der Waals surface area (Å²) < 4.78 is 0. The maximum absolute atomic E-state index is 11.3. The highest BCUT2D eigenvalue weighted by atomic mass is 16.2. The van der Waals surface area contributed by atoms with Crippen LogP contribution in [0, 0.1) is 0 Å². The first-order valence-electron chi connectivity index (χ1n) is 5.43. The van der Waals surface area contributed by atoms with E-state index in [4.69, 9.17) is 5.73 Å². The lowest BCUT2D eigenvalue weighted by molar-refractivity contribution is 0.166. The average molecular weight is 220 g/mol. The Morgan fingerprint density at radius 2 is 2.31 bits per heavy atom. The van der Waals surface area contributed by atoms with Crippen LogP contribution >= 0.6 is 0 Å². The van der Waals surface area contributed by atoms with Crippen LogP contribution in [0.2, 0.25) is 0 Å². The van der Waals surface area contributed by atoms with Crippen molar-refractivity contribution in [3.8, 4) is 0 Å². The zero-order valence-electron chi connectivity index (χ0n) is 9.10. The van der Waals surface area contributed by atoms with Crippen molar-refractivity contribution in [2.75, 3.05) is 19.6 Å². The van der Waals surface area contributed by atoms with Gasteiger partial charge in [-0.1, -0.05) is 0 Å². The number of hydrogen-bond donors (Lipinski definition) is 2. The molecule has 0 aromatic carbocycles. The molecule has 5 nitrogen and oxygen atoms in total. The van der Waals surface area contributed by atoms with Gasteiger partial charge in [-0.05, 0) is 24.1 Å². The number of carbonyl (C=O) groups excluding carboxylic acids is 1. The van der Waals surface area contributed by atoms with Crippen molar-refractivity contribution in [2.45, 2.75) is 12.5 Å². The van der Waals surface area contributed by atoms with Gasteiger partial charge in [0.15, 0.2) is 0 Å². The van der Waals surface area contributed by atoms with Crippen LogP contribution in [0.4, 0.5) is 4.79 Å². The fourth-order valence-corrected chi connectivity index (χ4v) is 2.02. The van der Waals surface area contributed by atoms with E-state index in [9.17, 15) is 4.79 Å². The Kier molecular flexibility index (Phi) is 3.36. The monoisotopic (exact) mass is 220 g/mol. The lowest BCUT2D eigenvalue weighted by Crippen LogP contribution is -2.56. The number of piperazine rings is 1. The molecule has 86 valence electrons. The summed E-state index contributed by atoms with van der Waals surface area (Å²) in [5, 5.41) is 3.27. The molecule has 1 fully saturated rings. The first kappa shape index (κ1) is 10.9. The van der Waals surface area contributed by atoms with E-state index in [1.165, 1.54) is 5.56 Å². The Bertz CT molecular complexity index is 354. The molecule has 0 radical (unpaired) electrons. The van der Waals surface area contributed by atoms with Crippen LogP contribution in [0.3, 0.4) is 0 Å². The molecule has 1 unspecified atom stereocenters. The Hall–Kier alpha value is -1.62. The van der Waals surface area contributed by atoms with Gasteiger partial charge in [0, 0.05) is 38.1 Å². The second kappa shape index (κ2) is 4.94. The summed E-state index contributed by atoms with van der Waals surface area (Å²) in [4.78, 5) is 17.0. The van der Waals surface area contributed by atoms with E-state index < -0.39 is 0 Å². The van der Waals surface area contributed by atoms with Crippen molar-refractivity contribution in [1.29, 1.82) is 0 Å². The van der Waals surface area contributed by atoms with Crippen molar-refractivity contribution in [3.05, 3.63) is 30.1 Å². The predicted octanol–water partition coefficient (Wildman–Crippen LogP) is -0.0234. The summed E-state index contributed by atoms with van der Waals surface area (Å²) in [6.07, 6.45) is 4.35. The van der Waals surface area contributed by atoms with Gasteiger partial charge < -0.3 is 16.0 Å². The van der Waals surface area contributed by atoms with Gasteiger partial charge in [-0.3, -0.25) is 4.98 Å². The third kappa shape index (κ3) is 2.49. The van der Waals surface area contributed by atoms with Crippen LogP contribution in [-0.2, 0) is 6.42 Å². The Labute approximate surface area is 94.6 Å². The number of aromatic nitrogens is 1. The molecular weight excluding hydrogens is 204 g/mol. The van der Waals surface area contributed by atoms with Crippen LogP contribution in [0.1, 0.15) is 5.56 Å². The number of nitrogens with one attached hydrogen (secondary N) is 1. The molecule has 3 N–H and O–H groups in total. The second-order valence-electron chi connectivity index (χ2n) is 3.95. The molecular formula is C11H16N4O. The summed E-state index contributed by atoms with van der Waals surface area (Å²) in [7, 11) is 0. The average Bonchev–Trinajstić information content (AvgIpc) is 2.31. The smallest absolute Gasteiger partial charge is 0.315 e. The van der Waals surface area contributed by atoms with E-state index in [0.717, 1.165) is 19.5 Å². The normalized spacial score (nSPS) is 20.8. The molecule has 0 aliphatic carbocycles. The SMILES string of the molecule is NC(=O)N1CCNCC1Cc1ccncc1. The molecule has 1 aliphatic heterocycles. The fourth-order valence-electron chi connectivity index (χ4n) is 2.02. The van der Waals surface area contributed by atoms with Crippen LogP contribution in [0.25, 0.3) is 0 Å². The molecule has 1 aromatic heterocycles. The predicted molar refractivity (Wildman–Crippen MR) is 60.9 cm³/mol. The summed E-state index contributed by atoms with van der Waals surface area (Å²) in [5.41, 5.74) is 6.53. The molecule has 5 heteroatoms. The van der Waals surface area contributed by atoms with Gasteiger partial charge in [0.25, 0.3) is 0 Å². The van der Waals surface area contributed by atoms with E-state index in [1.807, 2.05) is 12.1 Å². The second-order valence-corrected chi connectivity index (χ2v) is 3.95. The summed E-state index contributed by atoms with van der Waals surface area (Å²) in [6, 6.07) is 3.75. The maximum Gasteiger partial charge on any atom is 0.315 e. The van der Waals surface area contributed by atoms with E-state index in [-0.39, 0.29) is 12.1 Å². The van der Waals surface area contributed by atoms with E-state index >= 15 is 0 Å². The van der Waals surface area contributed by atoms with Crippen LogP contribution in [0.5, 0.6) is 0 Å². The van der Waals surface area contributed by atoms with Gasteiger partial charge in [-0.25, -0.2) is 4.79 Å². The first-order chi connectivity index (χ1) is 7.77. The summed E-state index contributed by atoms with van der Waals surface area (Å²) in [6.45, 7) is 2.30. The van der Waals surface area contributed by atoms with Crippen molar-refractivity contribution < 1.29 is 4.79 Å². The third-order valence-electron chi connectivity index (χ3n) is 2.85. The Morgan fingerprint density at radius 1 is 1.56 bits per heavy atom. The molecule has 1 saturated heterocycles. The van der Waals surface area contributed by atoms with Crippen molar-refractivity contribution in [2.24, 2.45) is 5.73 Å². The molecule has 0 spiro atoms. The quantitative estimate of drug-likeness (QED) is 0.735. The highest BCUT2D eigenvalue weighted by molar-refractivity contribution is 5.72. The zero-order valence-corrected chi connectivity index (χ0v) is 9.10. The number of primary amides is 1. The number of hydrogen-bond acceptors (Lipinski definition) is 3. The number of nitrogens with two attached hydrogens (primary N) is 1. The molecule has 1 atom stereocenters. The van der Waals surface area contributed by atoms with Crippen molar-refractivity contribution in [1.82, 2.24) is 15.2 Å². The zero-order chi connectivity index (χ0) is 11.4. The largest absolute Gasteiger partial charge is 0.351 e. The summed E-state index contributed by atoms with van der Waals surface area (Å²) in [5.74, 6) is 0. The molecule has 0 bridgehead atoms. The fraction of sp³-hybridized carbons (Fsp3) is 0.455. The van der Waals surface area contributed by atoms with Gasteiger partial charge in [-0.15, -0.1) is 0 Å². The minimum atomic E-state index is -0.333. The molecule has 16 heavy (non-hydrogen) atoms. The number of pyridine rings is 1. The van der Waals surface area contributed by atoms with Gasteiger partial charge in [0.2, 0.25) is 0 Å². The first-order valence-corrected chi connectivity index (χ1v) is 5.43. The lowest BCUT2D eigenvalue weighted by atomic mass is 10.0. The van der Waals surface area contributed by atoms with Gasteiger partial charge in [0.05, 0.1) is 0 Å². The third-order valence-corrected chi connectivity index (χ3v) is 2.85. The van der Waals surface area contributed by atoms with Crippen molar-refractivity contribution in [3.63, 3.8) is 0 Å². The van der Waals surface area contributed by atoms with E-state index in [1.54, 1.807) is 17.3 Å². The lowest BCUT2D eigenvalue weighted by Gasteiger charge is -2.35. The van der Waals surface area contributed by atoms with Crippen molar-refractivity contribution >= 4 is 6.03 Å². The number of carbonyl (C=O) groups is 1. The Morgan fingerprint density at radius 3 is 3.00 bits per heavy atom. The van der Waals surface area contributed by atoms with E-state index in [2.05, 4.69) is 10.3 Å². The van der Waals surface area contributed by atoms with Crippen LogP contribution in [0.15, 0.2) is 24.5 Å². The molecule has 2 rings (SSSR count). The number of urea groups is 1. The highest BCUT2D eigenvalue weighted by Gasteiger charge is 2.24. The Balaban J connectivity index is 2.04. The molecule has 0 saturated carbocycles. The van der Waals surface area contributed by atoms with Crippen LogP contribution < -0.4 is 11.1 Å². The number of nitrogens with zero attached hydrogens (tertiary/aromatic N) is 2. The summed E-state index contributed by atoms with van der Waals surface area (Å²) >= 11 is 0. The molecule has 1 aliphatic rings. The molecule has 1 aromatic rings. The number of rotatable bonds is 2. The highest BCUT2D eigenvalue weighted by Crippen LogP contribution is 2.10. The van der Waals surface area contributed by atoms with E-state index in [0.29, 0.717) is 6.54 Å². The minimum Gasteiger partial charge on any atom is -0.351 e. The minimum absolute atomic E-state index is 0.147. The van der Waals surface area contributed by atoms with Gasteiger partial charge in [-0.2, -0.15) is 0 Å². The number of amides is 2. The standard InChI is InChI=1S/C11H16N4O/c12-11(16)15-6-5-14-8-10(15)7-9-1-3-13-4-2-9/h1-4,10,14H,5-8H2,(H2,12,16). The molecule has 2 amide bonds. The maximum atomic E-state index is 11.3. The topological polar surface area (TPSA) is 71.2 Å². The molecule has 2 heterocycles. The van der Waals surface area contributed by atoms with Crippen LogP contribution in [-0.4, -0.2) is 41.6 Å². The van der Waals surface area contributed by atoms with Gasteiger partial charge in [0.1, 0.15) is 0 Å². The van der Waals surface area contributed by atoms with Gasteiger partial charge >= 0.3 is 6.03 Å².